The van der Waals surface area contributed by atoms with Gasteiger partial charge in [0.2, 0.25) is 0 Å². The molecule has 96 valence electrons. The third-order valence-electron chi connectivity index (χ3n) is 2.81. The quantitative estimate of drug-likeness (QED) is 0.813. The van der Waals surface area contributed by atoms with Gasteiger partial charge >= 0.3 is 0 Å². The van der Waals surface area contributed by atoms with Crippen molar-refractivity contribution in [3.63, 3.8) is 0 Å². The molecule has 3 nitrogen and oxygen atoms in total. The van der Waals surface area contributed by atoms with Crippen LogP contribution < -0.4 is 4.74 Å². The van der Waals surface area contributed by atoms with E-state index in [1.807, 2.05) is 37.0 Å². The summed E-state index contributed by atoms with van der Waals surface area (Å²) in [5.74, 6) is 0.0413. The molecule has 0 spiro atoms. The lowest BCUT2D eigenvalue weighted by molar-refractivity contribution is 0.303. The first-order valence-electron chi connectivity index (χ1n) is 6.10. The van der Waals surface area contributed by atoms with Crippen LogP contribution in [0.25, 0.3) is 0 Å². The number of benzene rings is 1. The number of rotatable bonds is 5. The van der Waals surface area contributed by atoms with Gasteiger partial charge in [0.1, 0.15) is 0 Å². The molecule has 0 aliphatic carbocycles. The summed E-state index contributed by atoms with van der Waals surface area (Å²) in [7, 11) is 0. The third kappa shape index (κ3) is 2.88. The number of nitrogens with zero attached hydrogens (tertiary/aromatic N) is 2. The minimum Gasteiger partial charge on any atom is -0.490 e. The first-order valence-corrected chi connectivity index (χ1v) is 6.10. The topological polar surface area (TPSA) is 27.1 Å². The highest BCUT2D eigenvalue weighted by Crippen LogP contribution is 2.21. The van der Waals surface area contributed by atoms with Crippen molar-refractivity contribution >= 4 is 0 Å². The summed E-state index contributed by atoms with van der Waals surface area (Å²) in [6.45, 7) is 5.19. The van der Waals surface area contributed by atoms with Crippen molar-refractivity contribution in [2.24, 2.45) is 0 Å². The normalized spacial score (nSPS) is 10.6. The summed E-state index contributed by atoms with van der Waals surface area (Å²) in [5, 5.41) is 4.18. The second-order valence-corrected chi connectivity index (χ2v) is 4.19. The Hall–Kier alpha value is -1.84. The highest BCUT2D eigenvalue weighted by atomic mass is 19.1. The first kappa shape index (κ1) is 12.6. The highest BCUT2D eigenvalue weighted by Gasteiger charge is 2.06. The fraction of sp³-hybridized carbons (Fsp3) is 0.357. The van der Waals surface area contributed by atoms with E-state index in [4.69, 9.17) is 4.74 Å². The summed E-state index contributed by atoms with van der Waals surface area (Å²) in [6, 6.07) is 4.94. The van der Waals surface area contributed by atoms with Crippen LogP contribution in [-0.4, -0.2) is 16.4 Å². The second kappa shape index (κ2) is 5.67. The zero-order chi connectivity index (χ0) is 13.0. The lowest BCUT2D eigenvalue weighted by Crippen LogP contribution is -2.03. The van der Waals surface area contributed by atoms with E-state index in [2.05, 4.69) is 5.10 Å². The van der Waals surface area contributed by atoms with Gasteiger partial charge in [0.05, 0.1) is 12.8 Å². The Morgan fingerprint density at radius 1 is 1.39 bits per heavy atom. The van der Waals surface area contributed by atoms with E-state index >= 15 is 0 Å². The van der Waals surface area contributed by atoms with Crippen molar-refractivity contribution in [1.29, 1.82) is 0 Å². The molecule has 4 heteroatoms. The van der Waals surface area contributed by atoms with Crippen molar-refractivity contribution in [3.8, 4) is 5.75 Å². The molecule has 2 rings (SSSR count). The van der Waals surface area contributed by atoms with E-state index in [1.54, 1.807) is 6.07 Å². The van der Waals surface area contributed by atoms with Crippen molar-refractivity contribution < 1.29 is 9.13 Å². The van der Waals surface area contributed by atoms with Crippen LogP contribution in [-0.2, 0) is 13.0 Å². The first-order chi connectivity index (χ1) is 8.70. The third-order valence-corrected chi connectivity index (χ3v) is 2.81. The number of para-hydroxylation sites is 1. The van der Waals surface area contributed by atoms with Gasteiger partial charge in [-0.2, -0.15) is 5.10 Å². The maximum Gasteiger partial charge on any atom is 0.165 e. The average Bonchev–Trinajstić information content (AvgIpc) is 2.81. The van der Waals surface area contributed by atoms with E-state index in [-0.39, 0.29) is 5.82 Å². The summed E-state index contributed by atoms with van der Waals surface area (Å²) in [4.78, 5) is 0. The molecule has 0 saturated carbocycles. The van der Waals surface area contributed by atoms with Crippen molar-refractivity contribution in [2.45, 2.75) is 26.8 Å². The molecule has 1 heterocycles. The average molecular weight is 248 g/mol. The van der Waals surface area contributed by atoms with Gasteiger partial charge in [0.25, 0.3) is 0 Å². The van der Waals surface area contributed by atoms with Gasteiger partial charge in [0, 0.05) is 19.2 Å². The Kier molecular flexibility index (Phi) is 3.97. The molecule has 0 amide bonds. The molecule has 0 atom stereocenters. The van der Waals surface area contributed by atoms with Gasteiger partial charge in [-0.15, -0.1) is 0 Å². The molecule has 18 heavy (non-hydrogen) atoms. The van der Waals surface area contributed by atoms with Crippen LogP contribution in [0.2, 0.25) is 0 Å². The maximum atomic E-state index is 13.5. The van der Waals surface area contributed by atoms with Gasteiger partial charge in [0.15, 0.2) is 11.6 Å². The smallest absolute Gasteiger partial charge is 0.165 e. The van der Waals surface area contributed by atoms with Gasteiger partial charge < -0.3 is 4.74 Å². The van der Waals surface area contributed by atoms with E-state index in [9.17, 15) is 4.39 Å². The monoisotopic (exact) mass is 248 g/mol. The fourth-order valence-electron chi connectivity index (χ4n) is 1.78. The van der Waals surface area contributed by atoms with E-state index in [0.29, 0.717) is 12.4 Å². The minimum atomic E-state index is -0.306. The molecule has 0 bridgehead atoms. The largest absolute Gasteiger partial charge is 0.490 e. The summed E-state index contributed by atoms with van der Waals surface area (Å²) in [6.07, 6.45) is 4.53. The van der Waals surface area contributed by atoms with E-state index in [0.717, 1.165) is 24.1 Å². The Morgan fingerprint density at radius 3 is 2.89 bits per heavy atom. The second-order valence-electron chi connectivity index (χ2n) is 4.19. The SMILES string of the molecule is CCn1cc(CCOc2c(C)cccc2F)cn1. The molecule has 0 radical (unpaired) electrons. The van der Waals surface area contributed by atoms with Crippen LogP contribution in [0.1, 0.15) is 18.1 Å². The number of hydrogen-bond donors (Lipinski definition) is 0. The lowest BCUT2D eigenvalue weighted by Gasteiger charge is -2.09. The summed E-state index contributed by atoms with van der Waals surface area (Å²) in [5.41, 5.74) is 1.92. The van der Waals surface area contributed by atoms with Crippen LogP contribution in [0.15, 0.2) is 30.6 Å². The van der Waals surface area contributed by atoms with Crippen LogP contribution in [0, 0.1) is 12.7 Å². The Balaban J connectivity index is 1.92. The molecular formula is C14H17FN2O. The molecule has 1 aromatic heterocycles. The molecule has 0 aliphatic rings. The van der Waals surface area contributed by atoms with Crippen molar-refractivity contribution in [1.82, 2.24) is 9.78 Å². The Morgan fingerprint density at radius 2 is 2.22 bits per heavy atom. The molecule has 0 unspecified atom stereocenters. The number of ether oxygens (including phenoxy) is 1. The molecule has 0 N–H and O–H groups in total. The molecule has 0 aliphatic heterocycles. The number of aromatic nitrogens is 2. The van der Waals surface area contributed by atoms with Crippen molar-refractivity contribution in [2.75, 3.05) is 6.61 Å². The highest BCUT2D eigenvalue weighted by molar-refractivity contribution is 5.33. The van der Waals surface area contributed by atoms with Gasteiger partial charge in [-0.1, -0.05) is 12.1 Å². The fourth-order valence-corrected chi connectivity index (χ4v) is 1.78. The minimum absolute atomic E-state index is 0.306. The van der Waals surface area contributed by atoms with E-state index in [1.165, 1.54) is 6.07 Å². The summed E-state index contributed by atoms with van der Waals surface area (Å²) >= 11 is 0. The van der Waals surface area contributed by atoms with Crippen molar-refractivity contribution in [3.05, 3.63) is 47.5 Å². The summed E-state index contributed by atoms with van der Waals surface area (Å²) < 4.78 is 20.9. The predicted octanol–water partition coefficient (Wildman–Crippen LogP) is 2.97. The maximum absolute atomic E-state index is 13.5. The zero-order valence-corrected chi connectivity index (χ0v) is 10.7. The predicted molar refractivity (Wildman–Crippen MR) is 68.2 cm³/mol. The van der Waals surface area contributed by atoms with Crippen LogP contribution >= 0.6 is 0 Å². The van der Waals surface area contributed by atoms with Gasteiger partial charge in [-0.25, -0.2) is 4.39 Å². The van der Waals surface area contributed by atoms with Crippen LogP contribution in [0.4, 0.5) is 4.39 Å². The Bertz CT molecular complexity index is 502. The van der Waals surface area contributed by atoms with Crippen LogP contribution in [0.5, 0.6) is 5.75 Å². The molecule has 0 fully saturated rings. The van der Waals surface area contributed by atoms with Gasteiger partial charge in [-0.05, 0) is 31.0 Å². The lowest BCUT2D eigenvalue weighted by atomic mass is 10.2. The van der Waals surface area contributed by atoms with Gasteiger partial charge in [-0.3, -0.25) is 4.68 Å². The molecule has 2 aromatic rings. The zero-order valence-electron chi connectivity index (χ0n) is 10.7. The molecule has 0 saturated heterocycles. The standard InChI is InChI=1S/C14H17FN2O/c1-3-17-10-12(9-16-17)7-8-18-14-11(2)5-4-6-13(14)15/h4-6,9-10H,3,7-8H2,1-2H3. The van der Waals surface area contributed by atoms with Crippen LogP contribution in [0.3, 0.4) is 0 Å². The Labute approximate surface area is 106 Å². The number of halogens is 1. The number of hydrogen-bond acceptors (Lipinski definition) is 2. The number of aryl methyl sites for hydroxylation is 2. The molecular weight excluding hydrogens is 231 g/mol. The molecule has 1 aromatic carbocycles. The van der Waals surface area contributed by atoms with E-state index < -0.39 is 0 Å².